The van der Waals surface area contributed by atoms with E-state index in [1.165, 1.54) is 11.3 Å². The summed E-state index contributed by atoms with van der Waals surface area (Å²) >= 11 is 1.46. The lowest BCUT2D eigenvalue weighted by Gasteiger charge is -2.31. The predicted octanol–water partition coefficient (Wildman–Crippen LogP) is 2.63. The van der Waals surface area contributed by atoms with Gasteiger partial charge in [0.25, 0.3) is 0 Å². The lowest BCUT2D eigenvalue weighted by atomic mass is 9.76. The summed E-state index contributed by atoms with van der Waals surface area (Å²) < 4.78 is 0. The highest BCUT2D eigenvalue weighted by Gasteiger charge is 2.40. The fraction of sp³-hybridized carbons (Fsp3) is 0.643. The fourth-order valence-corrected chi connectivity index (χ4v) is 2.56. The molecule has 0 saturated heterocycles. The molecule has 0 radical (unpaired) electrons. The van der Waals surface area contributed by atoms with Crippen LogP contribution in [0.3, 0.4) is 0 Å². The molecule has 0 fully saturated rings. The molecule has 2 N–H and O–H groups in total. The molecule has 112 valence electrons. The first kappa shape index (κ1) is 16.6. The second-order valence-corrected chi connectivity index (χ2v) is 6.96. The van der Waals surface area contributed by atoms with Gasteiger partial charge in [0.15, 0.2) is 0 Å². The first-order chi connectivity index (χ1) is 9.09. The third-order valence-electron chi connectivity index (χ3n) is 3.71. The highest BCUT2D eigenvalue weighted by atomic mass is 32.1. The number of carbonyl (C=O) groups is 2. The number of amides is 1. The number of aromatic nitrogens is 1. The summed E-state index contributed by atoms with van der Waals surface area (Å²) in [4.78, 5) is 27.8. The molecule has 1 aromatic rings. The third-order valence-corrected chi connectivity index (χ3v) is 4.81. The van der Waals surface area contributed by atoms with Gasteiger partial charge in [-0.3, -0.25) is 9.59 Å². The Morgan fingerprint density at radius 2 is 2.00 bits per heavy atom. The van der Waals surface area contributed by atoms with Crippen molar-refractivity contribution in [2.24, 2.45) is 11.3 Å². The van der Waals surface area contributed by atoms with Crippen LogP contribution in [-0.4, -0.2) is 22.0 Å². The second-order valence-electron chi connectivity index (χ2n) is 6.06. The smallest absolute Gasteiger partial charge is 0.310 e. The number of nitrogens with one attached hydrogen (secondary N) is 1. The Labute approximate surface area is 123 Å². The van der Waals surface area contributed by atoms with Crippen molar-refractivity contribution in [3.63, 3.8) is 0 Å². The lowest BCUT2D eigenvalue weighted by molar-refractivity contribution is -0.153. The summed E-state index contributed by atoms with van der Waals surface area (Å²) in [5, 5.41) is 14.9. The number of carboxylic acid groups (broad SMARTS) is 1. The number of carboxylic acids is 1. The standard InChI is InChI=1S/C14H22N2O3S/c1-9(2)14(5,12(18)19)8-10(17)16-13(3,4)11-15-6-7-20-11/h6-7,9H,8H2,1-5H3,(H,16,17)(H,18,19). The van der Waals surface area contributed by atoms with Gasteiger partial charge in [0.2, 0.25) is 5.91 Å². The van der Waals surface area contributed by atoms with E-state index < -0.39 is 16.9 Å². The zero-order chi connectivity index (χ0) is 15.6. The maximum absolute atomic E-state index is 12.2. The molecule has 1 rings (SSSR count). The topological polar surface area (TPSA) is 79.3 Å². The van der Waals surface area contributed by atoms with Crippen molar-refractivity contribution in [2.45, 2.75) is 46.6 Å². The van der Waals surface area contributed by atoms with Gasteiger partial charge in [-0.1, -0.05) is 13.8 Å². The van der Waals surface area contributed by atoms with Gasteiger partial charge in [0.1, 0.15) is 5.01 Å². The summed E-state index contributed by atoms with van der Waals surface area (Å²) in [7, 11) is 0. The van der Waals surface area contributed by atoms with Gasteiger partial charge in [-0.05, 0) is 26.7 Å². The van der Waals surface area contributed by atoms with Crippen LogP contribution in [0.15, 0.2) is 11.6 Å². The van der Waals surface area contributed by atoms with Crippen LogP contribution in [0, 0.1) is 11.3 Å². The molecular weight excluding hydrogens is 276 g/mol. The van der Waals surface area contributed by atoms with E-state index in [9.17, 15) is 14.7 Å². The van der Waals surface area contributed by atoms with Crippen LogP contribution in [0.25, 0.3) is 0 Å². The van der Waals surface area contributed by atoms with E-state index in [0.29, 0.717) is 0 Å². The molecular formula is C14H22N2O3S. The minimum absolute atomic E-state index is 0.0468. The minimum atomic E-state index is -1.07. The monoisotopic (exact) mass is 298 g/mol. The van der Waals surface area contributed by atoms with Gasteiger partial charge in [-0.2, -0.15) is 0 Å². The van der Waals surface area contributed by atoms with Crippen molar-refractivity contribution in [1.82, 2.24) is 10.3 Å². The Morgan fingerprint density at radius 1 is 1.40 bits per heavy atom. The molecule has 1 unspecified atom stereocenters. The molecule has 0 aromatic carbocycles. The molecule has 20 heavy (non-hydrogen) atoms. The molecule has 6 heteroatoms. The first-order valence-corrected chi connectivity index (χ1v) is 7.42. The lowest BCUT2D eigenvalue weighted by Crippen LogP contribution is -2.45. The van der Waals surface area contributed by atoms with Crippen LogP contribution in [0.1, 0.15) is 46.0 Å². The SMILES string of the molecule is CC(C)C(C)(CC(=O)NC(C)(C)c1nccs1)C(=O)O. The summed E-state index contributed by atoms with van der Waals surface area (Å²) in [6.07, 6.45) is 1.64. The molecule has 0 saturated carbocycles. The number of hydrogen-bond donors (Lipinski definition) is 2. The van der Waals surface area contributed by atoms with Gasteiger partial charge in [0, 0.05) is 18.0 Å². The van der Waals surface area contributed by atoms with Crippen LogP contribution >= 0.6 is 11.3 Å². The second kappa shape index (κ2) is 5.91. The average Bonchev–Trinajstić information content (AvgIpc) is 2.81. The van der Waals surface area contributed by atoms with E-state index in [-0.39, 0.29) is 18.2 Å². The maximum atomic E-state index is 12.2. The molecule has 0 bridgehead atoms. The van der Waals surface area contributed by atoms with Crippen molar-refractivity contribution in [3.8, 4) is 0 Å². The van der Waals surface area contributed by atoms with Crippen LogP contribution < -0.4 is 5.32 Å². The van der Waals surface area contributed by atoms with Crippen LogP contribution in [0.4, 0.5) is 0 Å². The Bertz CT molecular complexity index is 483. The quantitative estimate of drug-likeness (QED) is 0.846. The van der Waals surface area contributed by atoms with E-state index >= 15 is 0 Å². The highest BCUT2D eigenvalue weighted by molar-refractivity contribution is 7.09. The van der Waals surface area contributed by atoms with Gasteiger partial charge in [-0.25, -0.2) is 4.98 Å². The van der Waals surface area contributed by atoms with E-state index in [4.69, 9.17) is 0 Å². The average molecular weight is 298 g/mol. The number of aliphatic carboxylic acids is 1. The maximum Gasteiger partial charge on any atom is 0.310 e. The minimum Gasteiger partial charge on any atom is -0.481 e. The van der Waals surface area contributed by atoms with E-state index in [0.717, 1.165) is 5.01 Å². The molecule has 0 aliphatic heterocycles. The first-order valence-electron chi connectivity index (χ1n) is 6.54. The predicted molar refractivity (Wildman–Crippen MR) is 78.5 cm³/mol. The Morgan fingerprint density at radius 3 is 2.40 bits per heavy atom. The van der Waals surface area contributed by atoms with Crippen molar-refractivity contribution in [2.75, 3.05) is 0 Å². The van der Waals surface area contributed by atoms with Crippen molar-refractivity contribution in [1.29, 1.82) is 0 Å². The van der Waals surface area contributed by atoms with Gasteiger partial charge in [-0.15, -0.1) is 11.3 Å². The summed E-state index contributed by atoms with van der Waals surface area (Å²) in [5.41, 5.74) is -1.66. The molecule has 1 aromatic heterocycles. The van der Waals surface area contributed by atoms with E-state index in [2.05, 4.69) is 10.3 Å². The van der Waals surface area contributed by atoms with E-state index in [1.54, 1.807) is 13.1 Å². The molecule has 1 atom stereocenters. The molecule has 1 amide bonds. The number of hydrogen-bond acceptors (Lipinski definition) is 4. The zero-order valence-electron chi connectivity index (χ0n) is 12.6. The summed E-state index contributed by atoms with van der Waals surface area (Å²) in [6.45, 7) is 8.95. The van der Waals surface area contributed by atoms with Crippen molar-refractivity contribution in [3.05, 3.63) is 16.6 Å². The summed E-state index contributed by atoms with van der Waals surface area (Å²) in [6, 6.07) is 0. The molecule has 0 aliphatic rings. The number of rotatable bonds is 6. The highest BCUT2D eigenvalue weighted by Crippen LogP contribution is 2.32. The van der Waals surface area contributed by atoms with Crippen LogP contribution in [0.2, 0.25) is 0 Å². The number of thiazole rings is 1. The molecule has 0 spiro atoms. The molecule has 1 heterocycles. The Kier molecular flexibility index (Phi) is 4.91. The Balaban J connectivity index is 2.80. The van der Waals surface area contributed by atoms with Gasteiger partial charge in [0.05, 0.1) is 11.0 Å². The van der Waals surface area contributed by atoms with Crippen molar-refractivity contribution >= 4 is 23.2 Å². The number of carbonyl (C=O) groups excluding carboxylic acids is 1. The number of nitrogens with zero attached hydrogens (tertiary/aromatic N) is 1. The third kappa shape index (κ3) is 3.56. The fourth-order valence-electron chi connectivity index (χ4n) is 1.84. The Hall–Kier alpha value is -1.43. The largest absolute Gasteiger partial charge is 0.481 e. The van der Waals surface area contributed by atoms with E-state index in [1.807, 2.05) is 33.1 Å². The van der Waals surface area contributed by atoms with Crippen LogP contribution in [-0.2, 0) is 15.1 Å². The van der Waals surface area contributed by atoms with Gasteiger partial charge >= 0.3 is 5.97 Å². The normalized spacial score (nSPS) is 14.9. The van der Waals surface area contributed by atoms with Crippen molar-refractivity contribution < 1.29 is 14.7 Å². The molecule has 0 aliphatic carbocycles. The van der Waals surface area contributed by atoms with Crippen LogP contribution in [0.5, 0.6) is 0 Å². The summed E-state index contributed by atoms with van der Waals surface area (Å²) in [5.74, 6) is -1.35. The van der Waals surface area contributed by atoms with Gasteiger partial charge < -0.3 is 10.4 Å². The zero-order valence-corrected chi connectivity index (χ0v) is 13.4. The molecule has 5 nitrogen and oxygen atoms in total.